The molecular formula is C22H26N6O4S. The van der Waals surface area contributed by atoms with E-state index in [0.29, 0.717) is 31.4 Å². The van der Waals surface area contributed by atoms with Gasteiger partial charge in [-0.3, -0.25) is 15.6 Å². The molecule has 0 aliphatic heterocycles. The summed E-state index contributed by atoms with van der Waals surface area (Å²) in [5.41, 5.74) is 1.23. The molecule has 3 rings (SSSR count). The number of ether oxygens (including phenoxy) is 2. The number of alkyl carbamates (subject to hydrolysis) is 1. The average molecular weight is 471 g/mol. The lowest BCUT2D eigenvalue weighted by Gasteiger charge is -2.19. The number of carbonyl (C=O) groups is 2. The summed E-state index contributed by atoms with van der Waals surface area (Å²) in [6.07, 6.45) is 4.52. The first-order valence-corrected chi connectivity index (χ1v) is 11.1. The van der Waals surface area contributed by atoms with Crippen molar-refractivity contribution in [3.63, 3.8) is 0 Å². The van der Waals surface area contributed by atoms with Crippen LogP contribution in [0.5, 0.6) is 0 Å². The number of anilines is 2. The molecule has 0 fully saturated rings. The Morgan fingerprint density at radius 3 is 2.52 bits per heavy atom. The second-order valence-electron chi connectivity index (χ2n) is 7.89. The Balaban J connectivity index is 1.37. The molecule has 3 heterocycles. The van der Waals surface area contributed by atoms with Gasteiger partial charge in [0.15, 0.2) is 0 Å². The lowest BCUT2D eigenvalue weighted by atomic mass is 10.2. The first-order chi connectivity index (χ1) is 15.8. The minimum Gasteiger partial charge on any atom is -0.444 e. The molecule has 0 bridgehead atoms. The summed E-state index contributed by atoms with van der Waals surface area (Å²) in [4.78, 5) is 36.4. The molecule has 3 amide bonds. The fourth-order valence-electron chi connectivity index (χ4n) is 2.54. The van der Waals surface area contributed by atoms with Crippen LogP contribution in [0.25, 0.3) is 10.6 Å². The molecule has 0 atom stereocenters. The Morgan fingerprint density at radius 2 is 1.82 bits per heavy atom. The molecule has 3 aromatic heterocycles. The molecule has 174 valence electrons. The summed E-state index contributed by atoms with van der Waals surface area (Å²) in [5.74, 6) is 0.849. The number of aromatic nitrogens is 3. The fourth-order valence-corrected chi connectivity index (χ4v) is 3.29. The van der Waals surface area contributed by atoms with Gasteiger partial charge in [0.2, 0.25) is 0 Å². The summed E-state index contributed by atoms with van der Waals surface area (Å²) in [6, 6.07) is 6.76. The fraction of sp³-hybridized carbons (Fsp3) is 0.318. The number of nitrogens with zero attached hydrogens (tertiary/aromatic N) is 3. The predicted molar refractivity (Wildman–Crippen MR) is 126 cm³/mol. The van der Waals surface area contributed by atoms with Crippen molar-refractivity contribution in [1.82, 2.24) is 20.3 Å². The van der Waals surface area contributed by atoms with Crippen molar-refractivity contribution >= 4 is 35.1 Å². The van der Waals surface area contributed by atoms with Crippen LogP contribution in [0.2, 0.25) is 0 Å². The van der Waals surface area contributed by atoms with E-state index < -0.39 is 17.7 Å². The Morgan fingerprint density at radius 1 is 1.06 bits per heavy atom. The van der Waals surface area contributed by atoms with Crippen molar-refractivity contribution in [3.8, 4) is 10.6 Å². The minimum atomic E-state index is -0.535. The van der Waals surface area contributed by atoms with Crippen LogP contribution in [-0.2, 0) is 16.1 Å². The highest BCUT2D eigenvalue weighted by Gasteiger charge is 2.15. The molecule has 33 heavy (non-hydrogen) atoms. The van der Waals surface area contributed by atoms with Crippen molar-refractivity contribution in [2.45, 2.75) is 33.0 Å². The van der Waals surface area contributed by atoms with Crippen LogP contribution in [-0.4, -0.2) is 45.8 Å². The van der Waals surface area contributed by atoms with Crippen LogP contribution >= 0.6 is 11.3 Å². The molecule has 10 nitrogen and oxygen atoms in total. The van der Waals surface area contributed by atoms with E-state index in [-0.39, 0.29) is 0 Å². The van der Waals surface area contributed by atoms with Crippen molar-refractivity contribution in [2.75, 3.05) is 23.8 Å². The third-order valence-corrected chi connectivity index (χ3v) is 4.81. The van der Waals surface area contributed by atoms with Gasteiger partial charge in [-0.25, -0.2) is 19.6 Å². The quantitative estimate of drug-likeness (QED) is 0.419. The summed E-state index contributed by atoms with van der Waals surface area (Å²) < 4.78 is 10.7. The molecular weight excluding hydrogens is 444 g/mol. The molecule has 0 aliphatic carbocycles. The van der Waals surface area contributed by atoms with E-state index in [1.54, 1.807) is 56.9 Å². The van der Waals surface area contributed by atoms with Crippen LogP contribution in [0.3, 0.4) is 0 Å². The van der Waals surface area contributed by atoms with Gasteiger partial charge >= 0.3 is 12.1 Å². The van der Waals surface area contributed by atoms with Crippen LogP contribution in [0.1, 0.15) is 26.3 Å². The first-order valence-electron chi connectivity index (χ1n) is 10.2. The molecule has 0 saturated carbocycles. The number of hydrogen-bond acceptors (Lipinski definition) is 8. The number of nitrogens with one attached hydrogen (secondary N) is 3. The van der Waals surface area contributed by atoms with E-state index in [4.69, 9.17) is 9.47 Å². The Labute approximate surface area is 195 Å². The number of amides is 3. The first kappa shape index (κ1) is 24.1. The van der Waals surface area contributed by atoms with Gasteiger partial charge in [-0.2, -0.15) is 0 Å². The van der Waals surface area contributed by atoms with Crippen molar-refractivity contribution < 1.29 is 19.1 Å². The van der Waals surface area contributed by atoms with Crippen molar-refractivity contribution in [2.24, 2.45) is 0 Å². The summed E-state index contributed by atoms with van der Waals surface area (Å²) in [5, 5.41) is 10.5. The number of pyridine rings is 2. The summed E-state index contributed by atoms with van der Waals surface area (Å²) in [7, 11) is 0. The van der Waals surface area contributed by atoms with Gasteiger partial charge in [0.1, 0.15) is 22.2 Å². The highest BCUT2D eigenvalue weighted by molar-refractivity contribution is 7.13. The van der Waals surface area contributed by atoms with Gasteiger partial charge in [0.25, 0.3) is 0 Å². The molecule has 0 saturated heterocycles. The van der Waals surface area contributed by atoms with E-state index in [1.807, 2.05) is 12.1 Å². The number of carbonyl (C=O) groups excluding carboxylic acids is 2. The third kappa shape index (κ3) is 8.47. The Kier molecular flexibility index (Phi) is 8.28. The number of urea groups is 1. The lowest BCUT2D eigenvalue weighted by Crippen LogP contribution is -2.34. The molecule has 0 aromatic carbocycles. The minimum absolute atomic E-state index is 0.325. The largest absolute Gasteiger partial charge is 0.444 e. The van der Waals surface area contributed by atoms with E-state index in [1.165, 1.54) is 11.3 Å². The molecule has 0 spiro atoms. The lowest BCUT2D eigenvalue weighted by molar-refractivity contribution is 0.0493. The van der Waals surface area contributed by atoms with E-state index in [2.05, 4.69) is 30.9 Å². The number of hydrogen-bond donors (Lipinski definition) is 3. The predicted octanol–water partition coefficient (Wildman–Crippen LogP) is 4.29. The second kappa shape index (κ2) is 11.3. The van der Waals surface area contributed by atoms with Gasteiger partial charge in [0.05, 0.1) is 13.2 Å². The van der Waals surface area contributed by atoms with Gasteiger partial charge in [-0.15, -0.1) is 11.3 Å². The second-order valence-corrected chi connectivity index (χ2v) is 8.74. The number of thiazole rings is 1. The summed E-state index contributed by atoms with van der Waals surface area (Å²) in [6.45, 7) is 6.40. The van der Waals surface area contributed by atoms with Crippen LogP contribution < -0.4 is 16.0 Å². The van der Waals surface area contributed by atoms with Gasteiger partial charge in [-0.05, 0) is 44.5 Å². The molecule has 0 radical (unpaired) electrons. The maximum atomic E-state index is 12.2. The van der Waals surface area contributed by atoms with Crippen molar-refractivity contribution in [1.29, 1.82) is 0 Å². The molecule has 3 N–H and O–H groups in total. The molecule has 0 unspecified atom stereocenters. The Bertz CT molecular complexity index is 1050. The summed E-state index contributed by atoms with van der Waals surface area (Å²) >= 11 is 1.43. The molecule has 0 aliphatic rings. The van der Waals surface area contributed by atoms with Crippen LogP contribution in [0.4, 0.5) is 21.2 Å². The van der Waals surface area contributed by atoms with E-state index in [0.717, 1.165) is 16.1 Å². The zero-order chi connectivity index (χ0) is 23.7. The normalized spacial score (nSPS) is 11.0. The zero-order valence-electron chi connectivity index (χ0n) is 18.6. The highest BCUT2D eigenvalue weighted by Crippen LogP contribution is 2.25. The standard InChI is InChI=1S/C22H26N6O4S/c1-22(2,3)32-21(30)24-10-11-31-13-15-4-5-17(25-12-15)27-20(29)28-18-14-33-19(26-18)16-6-8-23-9-7-16/h4-9,12,14H,10-11,13H2,1-3H3,(H,24,30)(H2,25,27,28,29). The Hall–Kier alpha value is -3.57. The maximum Gasteiger partial charge on any atom is 0.407 e. The van der Waals surface area contributed by atoms with Gasteiger partial charge in [0, 0.05) is 36.1 Å². The van der Waals surface area contributed by atoms with E-state index >= 15 is 0 Å². The average Bonchev–Trinajstić information content (AvgIpc) is 3.22. The molecule has 11 heteroatoms. The zero-order valence-corrected chi connectivity index (χ0v) is 19.4. The third-order valence-electron chi connectivity index (χ3n) is 3.92. The molecule has 3 aromatic rings. The van der Waals surface area contributed by atoms with Crippen LogP contribution in [0.15, 0.2) is 48.2 Å². The topological polar surface area (TPSA) is 127 Å². The van der Waals surface area contributed by atoms with Gasteiger partial charge < -0.3 is 14.8 Å². The smallest absolute Gasteiger partial charge is 0.407 e. The SMILES string of the molecule is CC(C)(C)OC(=O)NCCOCc1ccc(NC(=O)Nc2csc(-c3ccncc3)n2)nc1. The monoisotopic (exact) mass is 470 g/mol. The highest BCUT2D eigenvalue weighted by atomic mass is 32.1. The number of rotatable bonds is 8. The maximum absolute atomic E-state index is 12.2. The van der Waals surface area contributed by atoms with Crippen LogP contribution in [0, 0.1) is 0 Å². The van der Waals surface area contributed by atoms with Crippen molar-refractivity contribution in [3.05, 3.63) is 53.8 Å². The van der Waals surface area contributed by atoms with Gasteiger partial charge in [-0.1, -0.05) is 6.07 Å². The van der Waals surface area contributed by atoms with E-state index in [9.17, 15) is 9.59 Å².